The molecule has 1 aliphatic heterocycles. The topological polar surface area (TPSA) is 50.1 Å². The Morgan fingerprint density at radius 2 is 2.31 bits per heavy atom. The maximum atomic E-state index is 11.2. The normalized spacial score (nSPS) is 27.9. The van der Waals surface area contributed by atoms with Gasteiger partial charge in [0.1, 0.15) is 0 Å². The van der Waals surface area contributed by atoms with E-state index in [1.165, 1.54) is 7.11 Å². The summed E-state index contributed by atoms with van der Waals surface area (Å²) in [7, 11) is 1.41. The standard InChI is InChI=1S/C9H14BNO2/c1-7-3-8(9(12)13-2)5-10(4-7)6-11/h7-8H,3-5H2,1-2H3. The van der Waals surface area contributed by atoms with Crippen molar-refractivity contribution in [1.29, 1.82) is 5.26 Å². The molecule has 1 rings (SSSR count). The molecule has 70 valence electrons. The van der Waals surface area contributed by atoms with Gasteiger partial charge in [0.05, 0.1) is 13.0 Å². The summed E-state index contributed by atoms with van der Waals surface area (Å²) in [5.74, 6) is 2.48. The number of hydrogen-bond donors (Lipinski definition) is 0. The molecule has 1 aliphatic rings. The van der Waals surface area contributed by atoms with Gasteiger partial charge in [0.15, 0.2) is 0 Å². The van der Waals surface area contributed by atoms with Crippen molar-refractivity contribution in [1.82, 2.24) is 0 Å². The second-order valence-electron chi connectivity index (χ2n) is 3.86. The summed E-state index contributed by atoms with van der Waals surface area (Å²) >= 11 is 0. The van der Waals surface area contributed by atoms with Gasteiger partial charge < -0.3 is 4.74 Å². The van der Waals surface area contributed by atoms with E-state index in [0.717, 1.165) is 12.7 Å². The van der Waals surface area contributed by atoms with E-state index < -0.39 is 0 Å². The van der Waals surface area contributed by atoms with Crippen LogP contribution in [-0.4, -0.2) is 19.8 Å². The smallest absolute Gasteiger partial charge is 0.307 e. The molecular weight excluding hydrogens is 165 g/mol. The Morgan fingerprint density at radius 3 is 2.85 bits per heavy atom. The molecule has 1 saturated heterocycles. The molecule has 13 heavy (non-hydrogen) atoms. The van der Waals surface area contributed by atoms with Crippen LogP contribution in [0, 0.1) is 23.1 Å². The Bertz CT molecular complexity index is 236. The van der Waals surface area contributed by atoms with Gasteiger partial charge in [-0.3, -0.25) is 4.79 Å². The van der Waals surface area contributed by atoms with Crippen molar-refractivity contribution >= 4 is 12.7 Å². The fourth-order valence-electron chi connectivity index (χ4n) is 2.07. The van der Waals surface area contributed by atoms with Crippen molar-refractivity contribution in [3.63, 3.8) is 0 Å². The largest absolute Gasteiger partial charge is 0.469 e. The fraction of sp³-hybridized carbons (Fsp3) is 0.778. The Hall–Kier alpha value is -0.975. The molecule has 0 radical (unpaired) electrons. The third-order valence-corrected chi connectivity index (χ3v) is 2.66. The number of rotatable bonds is 1. The van der Waals surface area contributed by atoms with Crippen molar-refractivity contribution in [2.75, 3.05) is 7.11 Å². The molecule has 0 amide bonds. The van der Waals surface area contributed by atoms with Crippen LogP contribution in [0.15, 0.2) is 0 Å². The van der Waals surface area contributed by atoms with Crippen molar-refractivity contribution in [2.24, 2.45) is 11.8 Å². The Morgan fingerprint density at radius 1 is 1.62 bits per heavy atom. The summed E-state index contributed by atoms with van der Waals surface area (Å²) in [5, 5.41) is 8.78. The van der Waals surface area contributed by atoms with Gasteiger partial charge in [-0.2, -0.15) is 0 Å². The number of nitrogens with zero attached hydrogens (tertiary/aromatic N) is 1. The van der Waals surface area contributed by atoms with Crippen LogP contribution in [0.1, 0.15) is 13.3 Å². The highest BCUT2D eigenvalue weighted by molar-refractivity contribution is 6.67. The third kappa shape index (κ3) is 2.48. The van der Waals surface area contributed by atoms with Crippen molar-refractivity contribution in [3.05, 3.63) is 0 Å². The van der Waals surface area contributed by atoms with Gasteiger partial charge in [-0.1, -0.05) is 13.2 Å². The minimum absolute atomic E-state index is 0.0350. The molecular formula is C9H14BNO2. The Balaban J connectivity index is 2.58. The van der Waals surface area contributed by atoms with Crippen LogP contribution < -0.4 is 0 Å². The second-order valence-corrected chi connectivity index (χ2v) is 3.86. The molecule has 3 nitrogen and oxygen atoms in total. The number of methoxy groups -OCH3 is 1. The van der Waals surface area contributed by atoms with Crippen LogP contribution >= 0.6 is 0 Å². The van der Waals surface area contributed by atoms with Crippen LogP contribution in [-0.2, 0) is 9.53 Å². The first-order chi connectivity index (χ1) is 6.17. The molecule has 0 spiro atoms. The number of nitriles is 1. The molecule has 1 heterocycles. The molecule has 0 saturated carbocycles. The van der Waals surface area contributed by atoms with Gasteiger partial charge in [0.25, 0.3) is 6.71 Å². The lowest BCUT2D eigenvalue weighted by molar-refractivity contribution is -0.145. The molecule has 0 aromatic rings. The highest BCUT2D eigenvalue weighted by Crippen LogP contribution is 2.30. The maximum absolute atomic E-state index is 11.2. The van der Waals surface area contributed by atoms with Crippen LogP contribution in [0.5, 0.6) is 0 Å². The average molecular weight is 179 g/mol. The quantitative estimate of drug-likeness (QED) is 0.451. The number of esters is 1. The first-order valence-electron chi connectivity index (χ1n) is 4.64. The minimum atomic E-state index is -0.160. The lowest BCUT2D eigenvalue weighted by Crippen LogP contribution is -2.31. The number of hydrogen-bond acceptors (Lipinski definition) is 3. The lowest BCUT2D eigenvalue weighted by Gasteiger charge is -2.26. The molecule has 1 fully saturated rings. The molecule has 2 atom stereocenters. The predicted octanol–water partition coefficient (Wildman–Crippen LogP) is 1.37. The highest BCUT2D eigenvalue weighted by Gasteiger charge is 2.33. The van der Waals surface area contributed by atoms with Crippen molar-refractivity contribution in [3.8, 4) is 5.97 Å². The van der Waals surface area contributed by atoms with Gasteiger partial charge in [0.2, 0.25) is 0 Å². The van der Waals surface area contributed by atoms with Crippen molar-refractivity contribution < 1.29 is 9.53 Å². The Labute approximate surface area is 79.1 Å². The lowest BCUT2D eigenvalue weighted by atomic mass is 9.39. The minimum Gasteiger partial charge on any atom is -0.469 e. The van der Waals surface area contributed by atoms with Crippen LogP contribution in [0.3, 0.4) is 0 Å². The first kappa shape index (κ1) is 10.1. The van der Waals surface area contributed by atoms with Crippen LogP contribution in [0.25, 0.3) is 0 Å². The molecule has 4 heteroatoms. The van der Waals surface area contributed by atoms with E-state index in [1.807, 2.05) is 0 Å². The average Bonchev–Trinajstić information content (AvgIpc) is 2.15. The summed E-state index contributed by atoms with van der Waals surface area (Å²) < 4.78 is 4.68. The molecule has 0 N–H and O–H groups in total. The summed E-state index contributed by atoms with van der Waals surface area (Å²) in [5.41, 5.74) is 0. The monoisotopic (exact) mass is 179 g/mol. The van der Waals surface area contributed by atoms with Crippen LogP contribution in [0.2, 0.25) is 12.6 Å². The molecule has 0 bridgehead atoms. The Kier molecular flexibility index (Phi) is 3.35. The SMILES string of the molecule is COC(=O)C1CB(C#N)CC(C)C1. The van der Waals surface area contributed by atoms with E-state index in [2.05, 4.69) is 17.6 Å². The number of carbonyl (C=O) groups excluding carboxylic acids is 1. The number of carbonyl (C=O) groups is 1. The van der Waals surface area contributed by atoms with E-state index in [-0.39, 0.29) is 18.6 Å². The van der Waals surface area contributed by atoms with E-state index in [9.17, 15) is 4.79 Å². The molecule has 2 unspecified atom stereocenters. The first-order valence-corrected chi connectivity index (χ1v) is 4.64. The van der Waals surface area contributed by atoms with E-state index in [4.69, 9.17) is 5.26 Å². The summed E-state index contributed by atoms with van der Waals surface area (Å²) in [6.45, 7) is 2.12. The van der Waals surface area contributed by atoms with E-state index in [0.29, 0.717) is 12.2 Å². The van der Waals surface area contributed by atoms with Crippen LogP contribution in [0.4, 0.5) is 0 Å². The third-order valence-electron chi connectivity index (χ3n) is 2.66. The molecule has 0 aromatic heterocycles. The number of ether oxygens (including phenoxy) is 1. The zero-order valence-corrected chi connectivity index (χ0v) is 8.12. The van der Waals surface area contributed by atoms with E-state index in [1.54, 1.807) is 0 Å². The molecule has 0 aromatic carbocycles. The maximum Gasteiger partial charge on any atom is 0.307 e. The summed E-state index contributed by atoms with van der Waals surface area (Å²) in [6.07, 6.45) is 2.46. The fourth-order valence-corrected chi connectivity index (χ4v) is 2.07. The van der Waals surface area contributed by atoms with Gasteiger partial charge >= 0.3 is 5.97 Å². The summed E-state index contributed by atoms with van der Waals surface area (Å²) in [4.78, 5) is 11.2. The predicted molar refractivity (Wildman–Crippen MR) is 50.3 cm³/mol. The van der Waals surface area contributed by atoms with Crippen molar-refractivity contribution in [2.45, 2.75) is 26.0 Å². The van der Waals surface area contributed by atoms with E-state index >= 15 is 0 Å². The zero-order chi connectivity index (χ0) is 9.84. The van der Waals surface area contributed by atoms with Gasteiger partial charge in [-0.15, -0.1) is 0 Å². The zero-order valence-electron chi connectivity index (χ0n) is 8.12. The van der Waals surface area contributed by atoms with Gasteiger partial charge in [0, 0.05) is 5.97 Å². The summed E-state index contributed by atoms with van der Waals surface area (Å²) in [6, 6.07) is 0. The van der Waals surface area contributed by atoms with Gasteiger partial charge in [-0.25, -0.2) is 5.26 Å². The highest BCUT2D eigenvalue weighted by atomic mass is 16.5. The molecule has 0 aliphatic carbocycles. The van der Waals surface area contributed by atoms with Gasteiger partial charge in [-0.05, 0) is 18.7 Å². The second kappa shape index (κ2) is 4.31.